The molecule has 0 saturated heterocycles. The third-order valence-corrected chi connectivity index (χ3v) is 3.58. The Kier molecular flexibility index (Phi) is 6.54. The van der Waals surface area contributed by atoms with Gasteiger partial charge >= 0.3 is 0 Å². The highest BCUT2D eigenvalue weighted by Crippen LogP contribution is 2.15. The van der Waals surface area contributed by atoms with Gasteiger partial charge in [-0.25, -0.2) is 0 Å². The molecule has 0 fully saturated rings. The van der Waals surface area contributed by atoms with Crippen LogP contribution in [0.5, 0.6) is 5.75 Å². The van der Waals surface area contributed by atoms with Crippen LogP contribution >= 0.6 is 0 Å². The van der Waals surface area contributed by atoms with Crippen LogP contribution in [-0.4, -0.2) is 49.7 Å². The summed E-state index contributed by atoms with van der Waals surface area (Å²) in [4.78, 5) is 26.7. The van der Waals surface area contributed by atoms with E-state index in [2.05, 4.69) is 5.32 Å². The van der Waals surface area contributed by atoms with Crippen LogP contribution in [0.25, 0.3) is 11.8 Å². The van der Waals surface area contributed by atoms with Gasteiger partial charge in [0.2, 0.25) is 0 Å². The molecule has 2 aromatic rings. The van der Waals surface area contributed by atoms with Crippen LogP contribution in [0.1, 0.15) is 5.56 Å². The van der Waals surface area contributed by atoms with Crippen LogP contribution in [0.2, 0.25) is 0 Å². The van der Waals surface area contributed by atoms with Crippen molar-refractivity contribution in [2.75, 3.05) is 34.3 Å². The average molecular weight is 341 g/mol. The number of carbonyl (C=O) groups is 1. The Labute approximate surface area is 147 Å². The molecule has 25 heavy (non-hydrogen) atoms. The molecule has 6 heteroatoms. The van der Waals surface area contributed by atoms with Gasteiger partial charge in [-0.05, 0) is 43.9 Å². The standard InChI is InChI=1S/C19H23N3O3/c1-21(2)13-11-20-19(24)17(22-12-5-4-6-18(22)23)14-15-7-9-16(25-3)10-8-15/h4-10,12,14H,11,13H2,1-3H3,(H,20,24)/b17-14+. The number of hydrogen-bond donors (Lipinski definition) is 1. The third kappa shape index (κ3) is 5.32. The maximum absolute atomic E-state index is 12.6. The van der Waals surface area contributed by atoms with E-state index in [1.54, 1.807) is 43.6 Å². The Balaban J connectivity index is 2.34. The van der Waals surface area contributed by atoms with Gasteiger partial charge in [-0.3, -0.25) is 14.2 Å². The van der Waals surface area contributed by atoms with Gasteiger partial charge in [-0.2, -0.15) is 0 Å². The monoisotopic (exact) mass is 341 g/mol. The smallest absolute Gasteiger partial charge is 0.268 e. The van der Waals surface area contributed by atoms with E-state index < -0.39 is 0 Å². The van der Waals surface area contributed by atoms with Crippen molar-refractivity contribution in [1.82, 2.24) is 14.8 Å². The van der Waals surface area contributed by atoms with Crippen LogP contribution in [0.3, 0.4) is 0 Å². The largest absolute Gasteiger partial charge is 0.497 e. The maximum Gasteiger partial charge on any atom is 0.268 e. The highest BCUT2D eigenvalue weighted by Gasteiger charge is 2.13. The number of pyridine rings is 1. The zero-order valence-corrected chi connectivity index (χ0v) is 14.7. The Morgan fingerprint density at radius 1 is 1.20 bits per heavy atom. The van der Waals surface area contributed by atoms with Crippen molar-refractivity contribution in [2.24, 2.45) is 0 Å². The Morgan fingerprint density at radius 3 is 2.52 bits per heavy atom. The van der Waals surface area contributed by atoms with Crippen molar-refractivity contribution in [3.8, 4) is 5.75 Å². The second-order valence-corrected chi connectivity index (χ2v) is 5.77. The second kappa shape index (κ2) is 8.84. The molecule has 0 spiro atoms. The summed E-state index contributed by atoms with van der Waals surface area (Å²) in [5.41, 5.74) is 0.814. The summed E-state index contributed by atoms with van der Waals surface area (Å²) in [5.74, 6) is 0.428. The number of hydrogen-bond acceptors (Lipinski definition) is 4. The molecule has 1 amide bonds. The number of methoxy groups -OCH3 is 1. The number of nitrogens with zero attached hydrogens (tertiary/aromatic N) is 2. The van der Waals surface area contributed by atoms with E-state index >= 15 is 0 Å². The highest BCUT2D eigenvalue weighted by atomic mass is 16.5. The van der Waals surface area contributed by atoms with Crippen molar-refractivity contribution in [1.29, 1.82) is 0 Å². The quantitative estimate of drug-likeness (QED) is 0.776. The number of nitrogens with one attached hydrogen (secondary N) is 1. The molecule has 0 saturated carbocycles. The Bertz CT molecular complexity index is 792. The first-order valence-corrected chi connectivity index (χ1v) is 7.98. The summed E-state index contributed by atoms with van der Waals surface area (Å²) >= 11 is 0. The first-order valence-electron chi connectivity index (χ1n) is 7.98. The van der Waals surface area contributed by atoms with Crippen LogP contribution in [0, 0.1) is 0 Å². The predicted molar refractivity (Wildman–Crippen MR) is 99.4 cm³/mol. The van der Waals surface area contributed by atoms with E-state index in [0.29, 0.717) is 13.1 Å². The molecule has 1 aromatic heterocycles. The molecule has 0 radical (unpaired) electrons. The van der Waals surface area contributed by atoms with E-state index in [4.69, 9.17) is 4.74 Å². The van der Waals surface area contributed by atoms with Crippen LogP contribution in [0.4, 0.5) is 0 Å². The molecule has 1 N–H and O–H groups in total. The highest BCUT2D eigenvalue weighted by molar-refractivity contribution is 6.18. The molecule has 6 nitrogen and oxygen atoms in total. The summed E-state index contributed by atoms with van der Waals surface area (Å²) in [6, 6.07) is 12.1. The number of rotatable bonds is 7. The zero-order valence-electron chi connectivity index (χ0n) is 14.7. The van der Waals surface area contributed by atoms with Crippen molar-refractivity contribution < 1.29 is 9.53 Å². The van der Waals surface area contributed by atoms with Gasteiger partial charge < -0.3 is 15.0 Å². The lowest BCUT2D eigenvalue weighted by molar-refractivity contribution is -0.115. The van der Waals surface area contributed by atoms with Gasteiger partial charge in [0.05, 0.1) is 7.11 Å². The van der Waals surface area contributed by atoms with Crippen LogP contribution in [-0.2, 0) is 4.79 Å². The summed E-state index contributed by atoms with van der Waals surface area (Å²) in [7, 11) is 5.46. The number of benzene rings is 1. The van der Waals surface area contributed by atoms with Crippen molar-refractivity contribution in [2.45, 2.75) is 0 Å². The van der Waals surface area contributed by atoms with Gasteiger partial charge in [0, 0.05) is 25.4 Å². The second-order valence-electron chi connectivity index (χ2n) is 5.77. The fraction of sp³-hybridized carbons (Fsp3) is 0.263. The minimum Gasteiger partial charge on any atom is -0.497 e. The molecule has 0 aliphatic carbocycles. The lowest BCUT2D eigenvalue weighted by Gasteiger charge is -2.13. The molecule has 132 valence electrons. The molecule has 0 aliphatic rings. The van der Waals surface area contributed by atoms with Gasteiger partial charge in [0.15, 0.2) is 0 Å². The first kappa shape index (κ1) is 18.5. The zero-order chi connectivity index (χ0) is 18.2. The van der Waals surface area contributed by atoms with E-state index in [1.165, 1.54) is 10.6 Å². The SMILES string of the molecule is COc1ccc(/C=C(\C(=O)NCCN(C)C)n2ccccc2=O)cc1. The van der Waals surface area contributed by atoms with Crippen molar-refractivity contribution in [3.05, 3.63) is 64.6 Å². The number of likely N-dealkylation sites (N-methyl/N-ethyl adjacent to an activating group) is 1. The third-order valence-electron chi connectivity index (χ3n) is 3.58. The molecule has 1 heterocycles. The van der Waals surface area contributed by atoms with Crippen molar-refractivity contribution in [3.63, 3.8) is 0 Å². The minimum absolute atomic E-state index is 0.259. The van der Waals surface area contributed by atoms with Gasteiger partial charge in [0.25, 0.3) is 11.5 Å². The molecule has 1 aromatic carbocycles. The van der Waals surface area contributed by atoms with Gasteiger partial charge in [-0.15, -0.1) is 0 Å². The molecule has 2 rings (SSSR count). The molecule has 0 unspecified atom stereocenters. The number of carbonyl (C=O) groups excluding carboxylic acids is 1. The summed E-state index contributed by atoms with van der Waals surface area (Å²) < 4.78 is 6.48. The van der Waals surface area contributed by atoms with Gasteiger partial charge in [0.1, 0.15) is 11.4 Å². The predicted octanol–water partition coefficient (Wildman–Crippen LogP) is 1.53. The average Bonchev–Trinajstić information content (AvgIpc) is 2.60. The number of amides is 1. The van der Waals surface area contributed by atoms with E-state index in [-0.39, 0.29) is 17.2 Å². The van der Waals surface area contributed by atoms with Crippen LogP contribution < -0.4 is 15.6 Å². The van der Waals surface area contributed by atoms with E-state index in [9.17, 15) is 9.59 Å². The van der Waals surface area contributed by atoms with E-state index in [1.807, 2.05) is 31.1 Å². The molecule has 0 aliphatic heterocycles. The molecular formula is C19H23N3O3. The van der Waals surface area contributed by atoms with Crippen molar-refractivity contribution >= 4 is 17.7 Å². The Hall–Kier alpha value is -2.86. The lowest BCUT2D eigenvalue weighted by Crippen LogP contribution is -2.34. The summed E-state index contributed by atoms with van der Waals surface area (Å²) in [6.07, 6.45) is 3.27. The fourth-order valence-electron chi connectivity index (χ4n) is 2.21. The normalized spacial score (nSPS) is 11.4. The molecule has 0 bridgehead atoms. The first-order chi connectivity index (χ1) is 12.0. The summed E-state index contributed by atoms with van der Waals surface area (Å²) in [6.45, 7) is 1.21. The minimum atomic E-state index is -0.300. The fourth-order valence-corrected chi connectivity index (χ4v) is 2.21. The molecular weight excluding hydrogens is 318 g/mol. The number of aromatic nitrogens is 1. The van der Waals surface area contributed by atoms with E-state index in [0.717, 1.165) is 11.3 Å². The summed E-state index contributed by atoms with van der Waals surface area (Å²) in [5, 5.41) is 2.85. The van der Waals surface area contributed by atoms with Gasteiger partial charge in [-0.1, -0.05) is 18.2 Å². The lowest BCUT2D eigenvalue weighted by atomic mass is 10.1. The van der Waals surface area contributed by atoms with Crippen LogP contribution in [0.15, 0.2) is 53.5 Å². The topological polar surface area (TPSA) is 63.6 Å². The Morgan fingerprint density at radius 2 is 1.92 bits per heavy atom. The molecule has 0 atom stereocenters. The maximum atomic E-state index is 12.6. The number of ether oxygens (including phenoxy) is 1.